The van der Waals surface area contributed by atoms with E-state index >= 15 is 0 Å². The van der Waals surface area contributed by atoms with Crippen LogP contribution in [0.1, 0.15) is 6.42 Å². The summed E-state index contributed by atoms with van der Waals surface area (Å²) in [5.74, 6) is -0.479. The monoisotopic (exact) mass is 228 g/mol. The van der Waals surface area contributed by atoms with Crippen molar-refractivity contribution in [2.24, 2.45) is 5.73 Å². The standard InChI is InChI=1S/C8H15F3N2O2/c1-13(4-2-3-12)7(14)5-15-6-8(9,10)11/h2-6,12H2,1H3. The quantitative estimate of drug-likeness (QED) is 0.714. The molecule has 0 aliphatic rings. The number of hydrogen-bond donors (Lipinski definition) is 1. The molecule has 0 aromatic rings. The third kappa shape index (κ3) is 8.19. The summed E-state index contributed by atoms with van der Waals surface area (Å²) in [6.45, 7) is -1.10. The van der Waals surface area contributed by atoms with E-state index < -0.39 is 25.3 Å². The van der Waals surface area contributed by atoms with E-state index in [2.05, 4.69) is 4.74 Å². The highest BCUT2D eigenvalue weighted by atomic mass is 19.4. The van der Waals surface area contributed by atoms with Gasteiger partial charge in [0.15, 0.2) is 0 Å². The molecule has 0 aromatic heterocycles. The Hall–Kier alpha value is -0.820. The topological polar surface area (TPSA) is 55.6 Å². The van der Waals surface area contributed by atoms with Gasteiger partial charge in [-0.15, -0.1) is 0 Å². The van der Waals surface area contributed by atoms with E-state index in [-0.39, 0.29) is 0 Å². The lowest BCUT2D eigenvalue weighted by molar-refractivity contribution is -0.177. The van der Waals surface area contributed by atoms with E-state index in [9.17, 15) is 18.0 Å². The molecule has 0 saturated heterocycles. The normalized spacial score (nSPS) is 11.5. The van der Waals surface area contributed by atoms with E-state index in [1.54, 1.807) is 0 Å². The van der Waals surface area contributed by atoms with Gasteiger partial charge in [-0.25, -0.2) is 0 Å². The van der Waals surface area contributed by atoms with Crippen LogP contribution in [-0.4, -0.2) is 50.3 Å². The van der Waals surface area contributed by atoms with Crippen LogP contribution in [-0.2, 0) is 9.53 Å². The van der Waals surface area contributed by atoms with Gasteiger partial charge < -0.3 is 15.4 Å². The predicted molar refractivity (Wildman–Crippen MR) is 48.2 cm³/mol. The van der Waals surface area contributed by atoms with Gasteiger partial charge >= 0.3 is 6.18 Å². The molecule has 0 rings (SSSR count). The number of nitrogens with zero attached hydrogens (tertiary/aromatic N) is 1. The van der Waals surface area contributed by atoms with Crippen LogP contribution in [0.25, 0.3) is 0 Å². The van der Waals surface area contributed by atoms with Gasteiger partial charge in [0.05, 0.1) is 0 Å². The molecule has 0 heterocycles. The van der Waals surface area contributed by atoms with E-state index in [0.29, 0.717) is 19.5 Å². The number of halogens is 3. The first-order valence-corrected chi connectivity index (χ1v) is 4.45. The Kier molecular flexibility index (Phi) is 6.26. The fourth-order valence-corrected chi connectivity index (χ4v) is 0.817. The summed E-state index contributed by atoms with van der Waals surface area (Å²) in [6.07, 6.45) is -3.78. The molecule has 15 heavy (non-hydrogen) atoms. The van der Waals surface area contributed by atoms with Crippen molar-refractivity contribution >= 4 is 5.91 Å². The Morgan fingerprint density at radius 2 is 2.07 bits per heavy atom. The van der Waals surface area contributed by atoms with Crippen molar-refractivity contribution < 1.29 is 22.7 Å². The van der Waals surface area contributed by atoms with Gasteiger partial charge in [0, 0.05) is 13.6 Å². The Labute approximate surface area is 86.2 Å². The molecule has 1 amide bonds. The van der Waals surface area contributed by atoms with Crippen molar-refractivity contribution in [3.63, 3.8) is 0 Å². The zero-order valence-corrected chi connectivity index (χ0v) is 8.51. The molecule has 0 unspecified atom stereocenters. The second kappa shape index (κ2) is 6.62. The largest absolute Gasteiger partial charge is 0.411 e. The number of alkyl halides is 3. The SMILES string of the molecule is CN(CCCN)C(=O)COCC(F)(F)F. The average molecular weight is 228 g/mol. The summed E-state index contributed by atoms with van der Waals surface area (Å²) in [5.41, 5.74) is 5.22. The lowest BCUT2D eigenvalue weighted by Gasteiger charge is -2.16. The first-order valence-electron chi connectivity index (χ1n) is 4.45. The number of amides is 1. The molecule has 2 N–H and O–H groups in total. The number of carbonyl (C=O) groups excluding carboxylic acids is 1. The Bertz CT molecular complexity index is 197. The van der Waals surface area contributed by atoms with E-state index in [1.165, 1.54) is 11.9 Å². The third-order valence-electron chi connectivity index (χ3n) is 1.61. The first-order chi connectivity index (χ1) is 6.87. The minimum atomic E-state index is -4.39. The Morgan fingerprint density at radius 3 is 2.53 bits per heavy atom. The number of hydrogen-bond acceptors (Lipinski definition) is 3. The lowest BCUT2D eigenvalue weighted by Crippen LogP contribution is -2.33. The molecule has 0 bridgehead atoms. The molecule has 0 radical (unpaired) electrons. The Balaban J connectivity index is 3.64. The summed E-state index contributed by atoms with van der Waals surface area (Å²) in [4.78, 5) is 12.4. The van der Waals surface area contributed by atoms with Crippen LogP contribution in [0.3, 0.4) is 0 Å². The number of nitrogens with two attached hydrogens (primary N) is 1. The van der Waals surface area contributed by atoms with Gasteiger partial charge in [-0.1, -0.05) is 0 Å². The smallest absolute Gasteiger partial charge is 0.362 e. The second-order valence-corrected chi connectivity index (χ2v) is 3.07. The van der Waals surface area contributed by atoms with Crippen molar-refractivity contribution in [2.75, 3.05) is 33.4 Å². The number of carbonyl (C=O) groups is 1. The fourth-order valence-electron chi connectivity index (χ4n) is 0.817. The minimum absolute atomic E-state index is 0.421. The molecular formula is C8H15F3N2O2. The van der Waals surface area contributed by atoms with Crippen LogP contribution in [0.5, 0.6) is 0 Å². The van der Waals surface area contributed by atoms with Crippen molar-refractivity contribution in [3.05, 3.63) is 0 Å². The minimum Gasteiger partial charge on any atom is -0.362 e. The van der Waals surface area contributed by atoms with Gasteiger partial charge in [-0.2, -0.15) is 13.2 Å². The molecule has 7 heteroatoms. The molecule has 0 atom stereocenters. The van der Waals surface area contributed by atoms with Crippen molar-refractivity contribution in [2.45, 2.75) is 12.6 Å². The number of likely N-dealkylation sites (N-methyl/N-ethyl adjacent to an activating group) is 1. The molecule has 0 fully saturated rings. The molecule has 0 saturated carbocycles. The molecule has 0 aromatic carbocycles. The maximum absolute atomic E-state index is 11.6. The highest BCUT2D eigenvalue weighted by Crippen LogP contribution is 2.14. The zero-order chi connectivity index (χ0) is 11.9. The highest BCUT2D eigenvalue weighted by Gasteiger charge is 2.27. The van der Waals surface area contributed by atoms with Crippen LogP contribution in [0, 0.1) is 0 Å². The number of rotatable bonds is 6. The first kappa shape index (κ1) is 14.2. The molecular weight excluding hydrogens is 213 g/mol. The number of ether oxygens (including phenoxy) is 1. The van der Waals surface area contributed by atoms with Crippen LogP contribution in [0.4, 0.5) is 13.2 Å². The zero-order valence-electron chi connectivity index (χ0n) is 8.51. The third-order valence-corrected chi connectivity index (χ3v) is 1.61. The van der Waals surface area contributed by atoms with Crippen molar-refractivity contribution in [1.82, 2.24) is 4.90 Å². The van der Waals surface area contributed by atoms with Crippen LogP contribution in [0.2, 0.25) is 0 Å². The average Bonchev–Trinajstić information content (AvgIpc) is 2.11. The van der Waals surface area contributed by atoms with E-state index in [1.807, 2.05) is 0 Å². The van der Waals surface area contributed by atoms with Gasteiger partial charge in [0.25, 0.3) is 0 Å². The lowest BCUT2D eigenvalue weighted by atomic mass is 10.4. The molecule has 0 aliphatic carbocycles. The highest BCUT2D eigenvalue weighted by molar-refractivity contribution is 5.77. The van der Waals surface area contributed by atoms with Gasteiger partial charge in [-0.05, 0) is 13.0 Å². The van der Waals surface area contributed by atoms with Crippen LogP contribution < -0.4 is 5.73 Å². The maximum Gasteiger partial charge on any atom is 0.411 e. The molecule has 4 nitrogen and oxygen atoms in total. The predicted octanol–water partition coefficient (Wildman–Crippen LogP) is 0.372. The van der Waals surface area contributed by atoms with E-state index in [0.717, 1.165) is 0 Å². The second-order valence-electron chi connectivity index (χ2n) is 3.07. The van der Waals surface area contributed by atoms with Gasteiger partial charge in [0.2, 0.25) is 5.91 Å². The summed E-state index contributed by atoms with van der Waals surface area (Å²) in [7, 11) is 1.49. The van der Waals surface area contributed by atoms with Gasteiger partial charge in [-0.3, -0.25) is 4.79 Å². The molecule has 0 aliphatic heterocycles. The summed E-state index contributed by atoms with van der Waals surface area (Å²) >= 11 is 0. The van der Waals surface area contributed by atoms with Gasteiger partial charge in [0.1, 0.15) is 13.2 Å². The summed E-state index contributed by atoms with van der Waals surface area (Å²) < 4.78 is 39.1. The Morgan fingerprint density at radius 1 is 1.47 bits per heavy atom. The van der Waals surface area contributed by atoms with Crippen LogP contribution >= 0.6 is 0 Å². The molecule has 90 valence electrons. The molecule has 0 spiro atoms. The summed E-state index contributed by atoms with van der Waals surface area (Å²) in [5, 5.41) is 0. The summed E-state index contributed by atoms with van der Waals surface area (Å²) in [6, 6.07) is 0. The van der Waals surface area contributed by atoms with Crippen molar-refractivity contribution in [3.8, 4) is 0 Å². The maximum atomic E-state index is 11.6. The van der Waals surface area contributed by atoms with Crippen LogP contribution in [0.15, 0.2) is 0 Å². The van der Waals surface area contributed by atoms with Crippen molar-refractivity contribution in [1.29, 1.82) is 0 Å². The fraction of sp³-hybridized carbons (Fsp3) is 0.875. The van der Waals surface area contributed by atoms with E-state index in [4.69, 9.17) is 5.73 Å².